The van der Waals surface area contributed by atoms with Crippen LogP contribution >= 0.6 is 11.6 Å². The van der Waals surface area contributed by atoms with Crippen molar-refractivity contribution in [2.45, 2.75) is 65.7 Å². The van der Waals surface area contributed by atoms with Crippen LogP contribution in [-0.2, 0) is 5.41 Å². The summed E-state index contributed by atoms with van der Waals surface area (Å²) in [6, 6.07) is 0. The Morgan fingerprint density at radius 1 is 1.11 bits per heavy atom. The summed E-state index contributed by atoms with van der Waals surface area (Å²) < 4.78 is 5.76. The van der Waals surface area contributed by atoms with Gasteiger partial charge in [-0.25, -0.2) is 4.98 Å². The van der Waals surface area contributed by atoms with Gasteiger partial charge >= 0.3 is 0 Å². The first kappa shape index (κ1) is 16.2. The molecule has 0 fully saturated rings. The summed E-state index contributed by atoms with van der Waals surface area (Å²) in [4.78, 5) is 8.84. The Labute approximate surface area is 121 Å². The van der Waals surface area contributed by atoms with Crippen molar-refractivity contribution in [3.05, 3.63) is 16.5 Å². The molecule has 0 saturated heterocycles. The van der Waals surface area contributed by atoms with Gasteiger partial charge in [0.25, 0.3) is 0 Å². The third kappa shape index (κ3) is 4.98. The zero-order chi connectivity index (χ0) is 14.5. The highest BCUT2D eigenvalue weighted by Gasteiger charge is 2.21. The number of halogens is 1. The van der Waals surface area contributed by atoms with Crippen molar-refractivity contribution in [2.24, 2.45) is 0 Å². The van der Waals surface area contributed by atoms with Crippen LogP contribution in [0.4, 0.5) is 0 Å². The van der Waals surface area contributed by atoms with Crippen molar-refractivity contribution in [3.63, 3.8) is 0 Å². The first-order valence-corrected chi connectivity index (χ1v) is 7.41. The van der Waals surface area contributed by atoms with Crippen LogP contribution in [0.2, 0.25) is 5.15 Å². The van der Waals surface area contributed by atoms with Crippen LogP contribution in [-0.4, -0.2) is 16.6 Å². The minimum absolute atomic E-state index is 0.127. The maximum Gasteiger partial charge on any atom is 0.221 e. The van der Waals surface area contributed by atoms with Gasteiger partial charge in [0.15, 0.2) is 0 Å². The first-order valence-electron chi connectivity index (χ1n) is 7.03. The number of aromatic nitrogens is 2. The fourth-order valence-corrected chi connectivity index (χ4v) is 1.80. The molecule has 0 spiro atoms. The minimum Gasteiger partial charge on any atom is -0.477 e. The van der Waals surface area contributed by atoms with E-state index in [1.165, 1.54) is 19.3 Å². The fraction of sp³-hybridized carbons (Fsp3) is 0.733. The van der Waals surface area contributed by atoms with E-state index >= 15 is 0 Å². The Morgan fingerprint density at radius 3 is 2.37 bits per heavy atom. The predicted octanol–water partition coefficient (Wildman–Crippen LogP) is 4.70. The third-order valence-corrected chi connectivity index (χ3v) is 3.32. The third-order valence-electron chi connectivity index (χ3n) is 2.95. The second-order valence-electron chi connectivity index (χ2n) is 5.93. The topological polar surface area (TPSA) is 35.0 Å². The summed E-state index contributed by atoms with van der Waals surface area (Å²) in [5.74, 6) is 1.35. The molecule has 0 amide bonds. The minimum atomic E-state index is -0.127. The van der Waals surface area contributed by atoms with Gasteiger partial charge in [-0.15, -0.1) is 0 Å². The molecule has 1 aromatic heterocycles. The molecule has 1 rings (SSSR count). The first-order chi connectivity index (χ1) is 8.86. The van der Waals surface area contributed by atoms with E-state index in [9.17, 15) is 0 Å². The number of hydrogen-bond acceptors (Lipinski definition) is 3. The average molecular weight is 285 g/mol. The van der Waals surface area contributed by atoms with Crippen LogP contribution in [0, 0.1) is 6.92 Å². The van der Waals surface area contributed by atoms with Gasteiger partial charge in [-0.2, -0.15) is 4.98 Å². The lowest BCUT2D eigenvalue weighted by atomic mass is 9.96. The van der Waals surface area contributed by atoms with Gasteiger partial charge < -0.3 is 4.74 Å². The Hall–Kier alpha value is -0.830. The summed E-state index contributed by atoms with van der Waals surface area (Å²) in [5, 5.41) is 0.489. The molecule has 19 heavy (non-hydrogen) atoms. The van der Waals surface area contributed by atoms with E-state index < -0.39 is 0 Å². The fourth-order valence-electron chi connectivity index (χ4n) is 1.64. The quantitative estimate of drug-likeness (QED) is 0.561. The van der Waals surface area contributed by atoms with E-state index in [-0.39, 0.29) is 5.41 Å². The summed E-state index contributed by atoms with van der Waals surface area (Å²) in [6.45, 7) is 11.0. The van der Waals surface area contributed by atoms with Crippen molar-refractivity contribution < 1.29 is 4.74 Å². The number of hydrogen-bond donors (Lipinski definition) is 0. The van der Waals surface area contributed by atoms with Gasteiger partial charge in [0, 0.05) is 11.0 Å². The highest BCUT2D eigenvalue weighted by Crippen LogP contribution is 2.27. The zero-order valence-corrected chi connectivity index (χ0v) is 13.5. The normalized spacial score (nSPS) is 11.7. The van der Waals surface area contributed by atoms with Crippen LogP contribution in [0.1, 0.15) is 64.8 Å². The molecule has 0 aliphatic heterocycles. The van der Waals surface area contributed by atoms with Crippen molar-refractivity contribution in [2.75, 3.05) is 6.61 Å². The van der Waals surface area contributed by atoms with E-state index in [1.807, 2.05) is 6.92 Å². The van der Waals surface area contributed by atoms with Gasteiger partial charge in [0.05, 0.1) is 6.61 Å². The van der Waals surface area contributed by atoms with Gasteiger partial charge in [-0.3, -0.25) is 0 Å². The molecule has 0 radical (unpaired) electrons. The second kappa shape index (κ2) is 7.09. The number of unbranched alkanes of at least 4 members (excludes halogenated alkanes) is 3. The SMILES string of the molecule is CCCCCCOc1nc(C(C)(C)C)nc(Cl)c1C. The molecule has 0 N–H and O–H groups in total. The summed E-state index contributed by atoms with van der Waals surface area (Å²) in [6.07, 6.45) is 4.73. The molecule has 0 bridgehead atoms. The number of rotatable bonds is 6. The van der Waals surface area contributed by atoms with E-state index in [1.54, 1.807) is 0 Å². The van der Waals surface area contributed by atoms with Crippen molar-refractivity contribution in [3.8, 4) is 5.88 Å². The molecule has 1 heterocycles. The Bertz CT molecular complexity index is 413. The lowest BCUT2D eigenvalue weighted by molar-refractivity contribution is 0.288. The van der Waals surface area contributed by atoms with Crippen LogP contribution in [0.5, 0.6) is 5.88 Å². The predicted molar refractivity (Wildman–Crippen MR) is 80.1 cm³/mol. The number of nitrogens with zero attached hydrogens (tertiary/aromatic N) is 2. The van der Waals surface area contributed by atoms with Gasteiger partial charge in [0.1, 0.15) is 11.0 Å². The van der Waals surface area contributed by atoms with Crippen molar-refractivity contribution >= 4 is 11.6 Å². The zero-order valence-electron chi connectivity index (χ0n) is 12.7. The molecule has 0 aliphatic rings. The molecule has 4 heteroatoms. The van der Waals surface area contributed by atoms with E-state index in [0.29, 0.717) is 17.6 Å². The molecule has 0 atom stereocenters. The molecule has 0 aromatic carbocycles. The van der Waals surface area contributed by atoms with E-state index in [0.717, 1.165) is 17.8 Å². The Kier molecular flexibility index (Phi) is 6.05. The highest BCUT2D eigenvalue weighted by molar-refractivity contribution is 6.30. The van der Waals surface area contributed by atoms with Crippen LogP contribution < -0.4 is 4.74 Å². The van der Waals surface area contributed by atoms with Gasteiger partial charge in [0.2, 0.25) is 5.88 Å². The maximum absolute atomic E-state index is 6.16. The second-order valence-corrected chi connectivity index (χ2v) is 6.29. The molecule has 0 aliphatic carbocycles. The van der Waals surface area contributed by atoms with E-state index in [4.69, 9.17) is 16.3 Å². The summed E-state index contributed by atoms with van der Waals surface area (Å²) in [5.41, 5.74) is 0.697. The van der Waals surface area contributed by atoms with Gasteiger partial charge in [-0.05, 0) is 13.3 Å². The van der Waals surface area contributed by atoms with E-state index in [2.05, 4.69) is 37.7 Å². The van der Waals surface area contributed by atoms with Crippen LogP contribution in [0.3, 0.4) is 0 Å². The molecule has 0 unspecified atom stereocenters. The van der Waals surface area contributed by atoms with Crippen molar-refractivity contribution in [1.82, 2.24) is 9.97 Å². The molecule has 1 aromatic rings. The molecular formula is C15H25ClN2O. The molecule has 108 valence electrons. The highest BCUT2D eigenvalue weighted by atomic mass is 35.5. The lowest BCUT2D eigenvalue weighted by Crippen LogP contribution is -2.17. The van der Waals surface area contributed by atoms with Crippen molar-refractivity contribution in [1.29, 1.82) is 0 Å². The molecular weight excluding hydrogens is 260 g/mol. The monoisotopic (exact) mass is 284 g/mol. The Morgan fingerprint density at radius 2 is 1.79 bits per heavy atom. The average Bonchev–Trinajstić information content (AvgIpc) is 2.32. The lowest BCUT2D eigenvalue weighted by Gasteiger charge is -2.19. The molecule has 0 saturated carbocycles. The summed E-state index contributed by atoms with van der Waals surface area (Å²) >= 11 is 6.16. The Balaban J connectivity index is 2.74. The summed E-state index contributed by atoms with van der Waals surface area (Å²) in [7, 11) is 0. The molecule has 3 nitrogen and oxygen atoms in total. The largest absolute Gasteiger partial charge is 0.477 e. The van der Waals surface area contributed by atoms with Gasteiger partial charge in [-0.1, -0.05) is 58.6 Å². The van der Waals surface area contributed by atoms with Crippen LogP contribution in [0.15, 0.2) is 0 Å². The van der Waals surface area contributed by atoms with Crippen LogP contribution in [0.25, 0.3) is 0 Å². The number of ether oxygens (including phenoxy) is 1. The smallest absolute Gasteiger partial charge is 0.221 e. The maximum atomic E-state index is 6.16. The standard InChI is InChI=1S/C15H25ClN2O/c1-6-7-8-9-10-19-13-11(2)12(16)17-14(18-13)15(3,4)5/h6-10H2,1-5H3.